The Labute approximate surface area is 93.0 Å². The lowest BCUT2D eigenvalue weighted by Crippen LogP contribution is -2.51. The van der Waals surface area contributed by atoms with Crippen LogP contribution in [0.5, 0.6) is 0 Å². The topological polar surface area (TPSA) is 78.4 Å². The number of carboxylic acids is 1. The summed E-state index contributed by atoms with van der Waals surface area (Å²) in [5, 5.41) is 14.4. The maximum Gasteiger partial charge on any atom is 0.326 e. The lowest BCUT2D eigenvalue weighted by Gasteiger charge is -2.19. The Morgan fingerprint density at radius 1 is 1.53 bits per heavy atom. The molecule has 0 saturated carbocycles. The van der Waals surface area contributed by atoms with E-state index in [9.17, 15) is 9.59 Å². The first-order valence-electron chi connectivity index (χ1n) is 4.86. The van der Waals surface area contributed by atoms with Crippen LogP contribution >= 0.6 is 11.8 Å². The van der Waals surface area contributed by atoms with Crippen LogP contribution in [0.2, 0.25) is 0 Å². The van der Waals surface area contributed by atoms with Gasteiger partial charge in [0.15, 0.2) is 0 Å². The molecule has 1 unspecified atom stereocenters. The third-order valence-corrected chi connectivity index (χ3v) is 3.20. The zero-order valence-electron chi connectivity index (χ0n) is 8.82. The Morgan fingerprint density at radius 3 is 2.60 bits per heavy atom. The normalized spacial score (nSPS) is 22.7. The van der Waals surface area contributed by atoms with Gasteiger partial charge in [0.2, 0.25) is 5.91 Å². The zero-order chi connectivity index (χ0) is 11.4. The number of amides is 1. The van der Waals surface area contributed by atoms with E-state index in [2.05, 4.69) is 10.6 Å². The molecule has 1 fully saturated rings. The van der Waals surface area contributed by atoms with Gasteiger partial charge in [-0.05, 0) is 5.92 Å². The summed E-state index contributed by atoms with van der Waals surface area (Å²) in [6.45, 7) is 3.55. The molecule has 5 nitrogen and oxygen atoms in total. The fraction of sp³-hybridized carbons (Fsp3) is 0.778. The number of thioether (sulfide) groups is 1. The van der Waals surface area contributed by atoms with Gasteiger partial charge in [0.1, 0.15) is 6.04 Å². The lowest BCUT2D eigenvalue weighted by molar-refractivity contribution is -0.143. The number of carboxylic acid groups (broad SMARTS) is 1. The molecule has 0 aromatic heterocycles. The van der Waals surface area contributed by atoms with Gasteiger partial charge >= 0.3 is 5.97 Å². The third kappa shape index (κ3) is 3.39. The van der Waals surface area contributed by atoms with E-state index in [0.29, 0.717) is 5.75 Å². The summed E-state index contributed by atoms with van der Waals surface area (Å²) >= 11 is 1.64. The van der Waals surface area contributed by atoms with Gasteiger partial charge in [0, 0.05) is 11.6 Å². The minimum atomic E-state index is -0.982. The maximum atomic E-state index is 11.6. The van der Waals surface area contributed by atoms with Crippen molar-refractivity contribution < 1.29 is 14.7 Å². The Balaban J connectivity index is 2.50. The zero-order valence-corrected chi connectivity index (χ0v) is 9.63. The molecule has 0 aliphatic carbocycles. The molecule has 1 aliphatic heterocycles. The molecule has 0 aromatic rings. The minimum absolute atomic E-state index is 0.111. The summed E-state index contributed by atoms with van der Waals surface area (Å²) in [6.07, 6.45) is 0. The van der Waals surface area contributed by atoms with Crippen molar-refractivity contribution in [2.24, 2.45) is 5.92 Å². The van der Waals surface area contributed by atoms with Crippen molar-refractivity contribution in [2.75, 3.05) is 11.6 Å². The number of hydrogen-bond acceptors (Lipinski definition) is 4. The predicted molar refractivity (Wildman–Crippen MR) is 58.7 cm³/mol. The summed E-state index contributed by atoms with van der Waals surface area (Å²) in [5.41, 5.74) is 0. The molecule has 0 spiro atoms. The van der Waals surface area contributed by atoms with Crippen molar-refractivity contribution in [1.29, 1.82) is 0 Å². The average molecular weight is 232 g/mol. The molecule has 0 radical (unpaired) electrons. The number of carbonyl (C=O) groups excluding carboxylic acids is 1. The standard InChI is InChI=1S/C9H16N2O3S/c1-5(2)7(9(13)14)11-8(12)6-3-15-4-10-6/h5-7,10H,3-4H2,1-2H3,(H,11,12)(H,13,14)/t6?,7-/m1/s1. The molecular weight excluding hydrogens is 216 g/mol. The highest BCUT2D eigenvalue weighted by Gasteiger charge is 2.28. The number of rotatable bonds is 4. The quantitative estimate of drug-likeness (QED) is 0.629. The van der Waals surface area contributed by atoms with Crippen molar-refractivity contribution in [3.8, 4) is 0 Å². The second-order valence-electron chi connectivity index (χ2n) is 3.84. The van der Waals surface area contributed by atoms with Crippen LogP contribution in [0.3, 0.4) is 0 Å². The number of hydrogen-bond donors (Lipinski definition) is 3. The van der Waals surface area contributed by atoms with E-state index in [1.165, 1.54) is 0 Å². The molecule has 15 heavy (non-hydrogen) atoms. The summed E-state index contributed by atoms with van der Waals surface area (Å²) in [5.74, 6) is 0.138. The predicted octanol–water partition coefficient (Wildman–Crippen LogP) is -0.126. The second kappa shape index (κ2) is 5.37. The van der Waals surface area contributed by atoms with E-state index < -0.39 is 12.0 Å². The van der Waals surface area contributed by atoms with Crippen LogP contribution < -0.4 is 10.6 Å². The Morgan fingerprint density at radius 2 is 2.20 bits per heavy atom. The van der Waals surface area contributed by atoms with Gasteiger partial charge in [-0.25, -0.2) is 4.79 Å². The van der Waals surface area contributed by atoms with Crippen LogP contribution in [0.1, 0.15) is 13.8 Å². The second-order valence-corrected chi connectivity index (χ2v) is 4.87. The summed E-state index contributed by atoms with van der Waals surface area (Å²) in [4.78, 5) is 22.5. The highest BCUT2D eigenvalue weighted by atomic mass is 32.2. The molecule has 86 valence electrons. The van der Waals surface area contributed by atoms with Crippen LogP contribution in [0.25, 0.3) is 0 Å². The van der Waals surface area contributed by atoms with E-state index in [4.69, 9.17) is 5.11 Å². The van der Waals surface area contributed by atoms with E-state index >= 15 is 0 Å². The van der Waals surface area contributed by atoms with Crippen LogP contribution in [0, 0.1) is 5.92 Å². The molecule has 1 aliphatic rings. The van der Waals surface area contributed by atoms with Crippen LogP contribution in [-0.2, 0) is 9.59 Å². The molecule has 1 saturated heterocycles. The number of carbonyl (C=O) groups is 2. The SMILES string of the molecule is CC(C)[C@@H](NC(=O)C1CSCN1)C(=O)O. The molecule has 1 heterocycles. The lowest BCUT2D eigenvalue weighted by atomic mass is 10.0. The smallest absolute Gasteiger partial charge is 0.326 e. The summed E-state index contributed by atoms with van der Waals surface area (Å²) in [6, 6.07) is -1.06. The minimum Gasteiger partial charge on any atom is -0.480 e. The van der Waals surface area contributed by atoms with Gasteiger partial charge in [-0.3, -0.25) is 10.1 Å². The fourth-order valence-electron chi connectivity index (χ4n) is 1.33. The van der Waals surface area contributed by atoms with Gasteiger partial charge in [0.25, 0.3) is 0 Å². The number of nitrogens with one attached hydrogen (secondary N) is 2. The first-order chi connectivity index (χ1) is 7.02. The van der Waals surface area contributed by atoms with E-state index in [-0.39, 0.29) is 17.9 Å². The monoisotopic (exact) mass is 232 g/mol. The maximum absolute atomic E-state index is 11.6. The molecule has 2 atom stereocenters. The Bertz CT molecular complexity index is 252. The van der Waals surface area contributed by atoms with Crippen molar-refractivity contribution in [3.63, 3.8) is 0 Å². The van der Waals surface area contributed by atoms with Gasteiger partial charge in [-0.1, -0.05) is 13.8 Å². The fourth-order valence-corrected chi connectivity index (χ4v) is 2.27. The van der Waals surface area contributed by atoms with Crippen molar-refractivity contribution in [2.45, 2.75) is 25.9 Å². The Hall–Kier alpha value is -0.750. The van der Waals surface area contributed by atoms with E-state index in [1.54, 1.807) is 25.6 Å². The highest BCUT2D eigenvalue weighted by molar-refractivity contribution is 7.99. The molecule has 6 heteroatoms. The van der Waals surface area contributed by atoms with Crippen LogP contribution in [0.15, 0.2) is 0 Å². The van der Waals surface area contributed by atoms with Crippen molar-refractivity contribution >= 4 is 23.6 Å². The van der Waals surface area contributed by atoms with Crippen LogP contribution in [-0.4, -0.2) is 40.7 Å². The summed E-state index contributed by atoms with van der Waals surface area (Å²) < 4.78 is 0. The number of aliphatic carboxylic acids is 1. The average Bonchev–Trinajstić information content (AvgIpc) is 2.65. The van der Waals surface area contributed by atoms with Crippen molar-refractivity contribution in [1.82, 2.24) is 10.6 Å². The molecule has 3 N–H and O–H groups in total. The Kier molecular flexibility index (Phi) is 4.41. The largest absolute Gasteiger partial charge is 0.480 e. The van der Waals surface area contributed by atoms with Gasteiger partial charge < -0.3 is 10.4 Å². The molecule has 1 amide bonds. The summed E-state index contributed by atoms with van der Waals surface area (Å²) in [7, 11) is 0. The first-order valence-corrected chi connectivity index (χ1v) is 6.02. The van der Waals surface area contributed by atoms with Crippen molar-refractivity contribution in [3.05, 3.63) is 0 Å². The molecule has 0 bridgehead atoms. The van der Waals surface area contributed by atoms with E-state index in [0.717, 1.165) is 5.88 Å². The van der Waals surface area contributed by atoms with Gasteiger partial charge in [-0.2, -0.15) is 0 Å². The van der Waals surface area contributed by atoms with E-state index in [1.807, 2.05) is 0 Å². The van der Waals surface area contributed by atoms with Gasteiger partial charge in [-0.15, -0.1) is 11.8 Å². The van der Waals surface area contributed by atoms with Gasteiger partial charge in [0.05, 0.1) is 6.04 Å². The first kappa shape index (κ1) is 12.3. The molecule has 1 rings (SSSR count). The molecule has 0 aromatic carbocycles. The highest BCUT2D eigenvalue weighted by Crippen LogP contribution is 2.10. The molecular formula is C9H16N2O3S. The van der Waals surface area contributed by atoms with Crippen LogP contribution in [0.4, 0.5) is 0 Å². The third-order valence-electron chi connectivity index (χ3n) is 2.26.